The zero-order valence-corrected chi connectivity index (χ0v) is 23.1. The third kappa shape index (κ3) is 4.09. The van der Waals surface area contributed by atoms with Gasteiger partial charge in [0, 0.05) is 29.4 Å². The minimum Gasteiger partial charge on any atom is -0.545 e. The van der Waals surface area contributed by atoms with Crippen LogP contribution in [0.15, 0.2) is 16.1 Å². The predicted octanol–water partition coefficient (Wildman–Crippen LogP) is 0.398. The fourth-order valence-corrected chi connectivity index (χ4v) is 9.82. The van der Waals surface area contributed by atoms with Crippen molar-refractivity contribution >= 4 is 11.9 Å². The monoisotopic (exact) mass is 516 g/mol. The summed E-state index contributed by atoms with van der Waals surface area (Å²) >= 11 is 0. The van der Waals surface area contributed by atoms with E-state index in [-0.39, 0.29) is 23.5 Å². The highest BCUT2D eigenvalue weighted by Crippen LogP contribution is 2.76. The van der Waals surface area contributed by atoms with Crippen molar-refractivity contribution in [3.05, 3.63) is 11.1 Å². The van der Waals surface area contributed by atoms with Crippen LogP contribution in [0, 0.1) is 28.6 Å². The molecule has 1 heterocycles. The van der Waals surface area contributed by atoms with E-state index in [1.807, 2.05) is 14.0 Å². The Labute approximate surface area is 222 Å². The number of guanidine groups is 1. The number of ether oxygens (including phenoxy) is 1. The molecule has 0 aromatic rings. The summed E-state index contributed by atoms with van der Waals surface area (Å²) in [6.45, 7) is 7.28. The molecule has 2 spiro atoms. The number of rotatable bonds is 7. The maximum absolute atomic E-state index is 12.6. The van der Waals surface area contributed by atoms with Gasteiger partial charge in [0.1, 0.15) is 5.60 Å². The van der Waals surface area contributed by atoms with Crippen molar-refractivity contribution in [1.29, 1.82) is 0 Å². The van der Waals surface area contributed by atoms with E-state index in [0.717, 1.165) is 69.7 Å². The number of hydrogen-bond donors (Lipinski definition) is 4. The van der Waals surface area contributed by atoms with Gasteiger partial charge in [0.2, 0.25) is 0 Å². The molecule has 0 aromatic heterocycles. The Bertz CT molecular complexity index is 946. The van der Waals surface area contributed by atoms with Gasteiger partial charge in [-0.15, -0.1) is 0 Å². The number of nitrogens with two attached hydrogens (primary N) is 1. The predicted molar refractivity (Wildman–Crippen MR) is 141 cm³/mol. The molecule has 8 nitrogen and oxygen atoms in total. The van der Waals surface area contributed by atoms with Crippen LogP contribution in [-0.4, -0.2) is 68.6 Å². The topological polar surface area (TPSA) is 124 Å². The summed E-state index contributed by atoms with van der Waals surface area (Å²) in [6.07, 6.45) is 10.3. The second-order valence-electron chi connectivity index (χ2n) is 12.8. The number of aliphatic carboxylic acids is 1. The number of piperidine rings is 1. The van der Waals surface area contributed by atoms with Crippen LogP contribution < -0.4 is 21.1 Å². The number of carboxylic acid groups (broad SMARTS) is 1. The molecule has 1 aliphatic heterocycles. The van der Waals surface area contributed by atoms with Crippen LogP contribution in [0.4, 0.5) is 0 Å². The van der Waals surface area contributed by atoms with E-state index in [2.05, 4.69) is 12.2 Å². The van der Waals surface area contributed by atoms with E-state index in [1.54, 1.807) is 0 Å². The molecule has 5 N–H and O–H groups in total. The van der Waals surface area contributed by atoms with E-state index in [1.165, 1.54) is 24.2 Å². The Morgan fingerprint density at radius 1 is 1.24 bits per heavy atom. The van der Waals surface area contributed by atoms with Gasteiger partial charge >= 0.3 is 0 Å². The lowest BCUT2D eigenvalue weighted by molar-refractivity contribution is -0.829. The van der Waals surface area contributed by atoms with Crippen LogP contribution in [0.1, 0.15) is 78.1 Å². The number of allylic oxidation sites excluding steroid dienone is 1. The third-order valence-corrected chi connectivity index (χ3v) is 11.2. The van der Waals surface area contributed by atoms with Crippen LogP contribution in [0.3, 0.4) is 0 Å². The number of likely N-dealkylation sites (tertiary alicyclic amines) is 1. The average Bonchev–Trinajstić information content (AvgIpc) is 3.22. The van der Waals surface area contributed by atoms with Crippen molar-refractivity contribution < 1.29 is 24.6 Å². The Hall–Kier alpha value is -1.48. The number of aliphatic hydroxyl groups is 1. The van der Waals surface area contributed by atoms with E-state index >= 15 is 0 Å². The lowest BCUT2D eigenvalue weighted by atomic mass is 9.45. The molecule has 1 saturated heterocycles. The van der Waals surface area contributed by atoms with Crippen molar-refractivity contribution in [3.63, 3.8) is 0 Å². The first-order chi connectivity index (χ1) is 17.7. The highest BCUT2D eigenvalue weighted by molar-refractivity contribution is 5.90. The van der Waals surface area contributed by atoms with E-state index in [4.69, 9.17) is 15.5 Å². The molecule has 2 bridgehead atoms. The minimum atomic E-state index is -1.52. The maximum Gasteiger partial charge on any atom is 0.293 e. The lowest BCUT2D eigenvalue weighted by Crippen LogP contribution is -3.19. The molecule has 0 aromatic carbocycles. The first kappa shape index (κ1) is 27.1. The van der Waals surface area contributed by atoms with Crippen molar-refractivity contribution in [2.75, 3.05) is 39.9 Å². The molecule has 37 heavy (non-hydrogen) atoms. The summed E-state index contributed by atoms with van der Waals surface area (Å²) in [5.74, 6) is 0.526. The van der Waals surface area contributed by atoms with Gasteiger partial charge < -0.3 is 30.8 Å². The third-order valence-electron chi connectivity index (χ3n) is 11.2. The fraction of sp³-hybridized carbons (Fsp3) is 0.862. The Morgan fingerprint density at radius 2 is 2.00 bits per heavy atom. The Morgan fingerprint density at radius 3 is 2.68 bits per heavy atom. The molecule has 0 radical (unpaired) electrons. The Balaban J connectivity index is 1.60. The summed E-state index contributed by atoms with van der Waals surface area (Å²) in [7, 11) is 2.01. The van der Waals surface area contributed by atoms with Crippen LogP contribution in [0.2, 0.25) is 0 Å². The Kier molecular flexibility index (Phi) is 7.51. The minimum absolute atomic E-state index is 0.00404. The molecule has 208 valence electrons. The molecule has 5 aliphatic rings. The smallest absolute Gasteiger partial charge is 0.293 e. The van der Waals surface area contributed by atoms with Crippen molar-refractivity contribution in [2.24, 2.45) is 39.3 Å². The lowest BCUT2D eigenvalue weighted by Gasteiger charge is -2.60. The molecule has 5 rings (SSSR count). The van der Waals surface area contributed by atoms with Crippen LogP contribution >= 0.6 is 0 Å². The van der Waals surface area contributed by atoms with Gasteiger partial charge in [-0.2, -0.15) is 0 Å². The van der Waals surface area contributed by atoms with E-state index in [9.17, 15) is 15.0 Å². The number of carboxylic acids is 1. The largest absolute Gasteiger partial charge is 0.545 e. The van der Waals surface area contributed by atoms with Gasteiger partial charge in [0.15, 0.2) is 0 Å². The second kappa shape index (κ2) is 10.2. The van der Waals surface area contributed by atoms with Crippen molar-refractivity contribution in [3.8, 4) is 0 Å². The van der Waals surface area contributed by atoms with Gasteiger partial charge in [-0.05, 0) is 76.8 Å². The molecule has 1 unspecified atom stereocenters. The van der Waals surface area contributed by atoms with Gasteiger partial charge in [-0.25, -0.2) is 4.99 Å². The number of carbonyl (C=O) groups excluding carboxylic acids is 1. The molecule has 0 amide bonds. The second-order valence-corrected chi connectivity index (χ2v) is 12.8. The van der Waals surface area contributed by atoms with Gasteiger partial charge in [-0.3, -0.25) is 4.90 Å². The zero-order chi connectivity index (χ0) is 26.4. The number of carbonyl (C=O) groups is 1. The standard InChI is InChI=1S/C29H48N4O4/c1-4-37-18-27(36)16-28-19(2)10-11-20(14-23(28)24(27)25(34)35)29(28)17-33(13-12-21(29)15-31-3)26(30)32-22-8-6-5-7-9-22/h19-22,31,36H,4-18H2,1-3H3,(H2,30,32)(H,34,35)/t19-,20-,21+,27+,28+,29-/m1/s1. The van der Waals surface area contributed by atoms with Crippen molar-refractivity contribution in [2.45, 2.75) is 89.7 Å². The van der Waals surface area contributed by atoms with E-state index < -0.39 is 17.0 Å². The average molecular weight is 517 g/mol. The zero-order valence-electron chi connectivity index (χ0n) is 23.1. The molecule has 4 fully saturated rings. The highest BCUT2D eigenvalue weighted by Gasteiger charge is 2.75. The molecule has 8 heteroatoms. The molecule has 4 aliphatic carbocycles. The summed E-state index contributed by atoms with van der Waals surface area (Å²) in [4.78, 5) is 19.0. The van der Waals surface area contributed by atoms with Crippen LogP contribution in [-0.2, 0) is 9.53 Å². The van der Waals surface area contributed by atoms with Gasteiger partial charge in [-0.1, -0.05) is 31.8 Å². The number of hydrogen-bond acceptors (Lipinski definition) is 6. The highest BCUT2D eigenvalue weighted by atomic mass is 16.5. The summed E-state index contributed by atoms with van der Waals surface area (Å²) in [5, 5.41) is 28.0. The summed E-state index contributed by atoms with van der Waals surface area (Å²) in [5.41, 5.74) is 5.79. The van der Waals surface area contributed by atoms with Crippen molar-refractivity contribution in [1.82, 2.24) is 5.32 Å². The van der Waals surface area contributed by atoms with Gasteiger partial charge in [0.25, 0.3) is 5.96 Å². The number of quaternary nitrogens is 1. The summed E-state index contributed by atoms with van der Waals surface area (Å²) < 4.78 is 5.70. The van der Waals surface area contributed by atoms with E-state index in [0.29, 0.717) is 30.9 Å². The number of nitrogens with one attached hydrogen (secondary N) is 2. The summed E-state index contributed by atoms with van der Waals surface area (Å²) in [6, 6.07) is 0.329. The normalized spacial score (nSPS) is 42.4. The van der Waals surface area contributed by atoms with Crippen LogP contribution in [0.5, 0.6) is 0 Å². The number of aliphatic imine (C=N–C) groups is 1. The van der Waals surface area contributed by atoms with Gasteiger partial charge in [0.05, 0.1) is 31.7 Å². The first-order valence-electron chi connectivity index (χ1n) is 14.8. The number of nitrogens with zero attached hydrogens (tertiary/aromatic N) is 1. The molecule has 3 saturated carbocycles. The molecular weight excluding hydrogens is 468 g/mol. The molecular formula is C29H48N4O4. The maximum atomic E-state index is 12.6. The quantitative estimate of drug-likeness (QED) is 0.287. The van der Waals surface area contributed by atoms with Crippen LogP contribution in [0.25, 0.3) is 0 Å². The molecule has 7 atom stereocenters. The SMILES string of the molecule is CCOC[C@@]1(O)C[C@@]23C(=C1C(=O)[O-])C[C@@H](CC[C@H]2C)[C@@]31C[NH+](C(N)=NC2CCCCC2)CC[C@H]1CNC. The fourth-order valence-electron chi connectivity index (χ4n) is 9.82. The first-order valence-corrected chi connectivity index (χ1v) is 14.8.